The lowest BCUT2D eigenvalue weighted by molar-refractivity contribution is -0.117. The van der Waals surface area contributed by atoms with Crippen molar-refractivity contribution in [3.05, 3.63) is 76.1 Å². The Hall–Kier alpha value is -3.12. The van der Waals surface area contributed by atoms with E-state index in [-0.39, 0.29) is 6.42 Å². The summed E-state index contributed by atoms with van der Waals surface area (Å²) in [6, 6.07) is 18.7. The maximum atomic E-state index is 12.4. The summed E-state index contributed by atoms with van der Waals surface area (Å²) < 4.78 is 5.65. The quantitative estimate of drug-likeness (QED) is 0.660. The van der Waals surface area contributed by atoms with Gasteiger partial charge in [0.2, 0.25) is 5.91 Å². The number of fused-ring (bicyclic) bond motifs is 1. The average molecular weight is 405 g/mol. The first-order chi connectivity index (χ1) is 14.4. The lowest BCUT2D eigenvalue weighted by Gasteiger charge is -2.45. The van der Waals surface area contributed by atoms with Crippen molar-refractivity contribution in [1.82, 2.24) is 4.90 Å². The van der Waals surface area contributed by atoms with E-state index in [0.29, 0.717) is 23.2 Å². The predicted octanol–water partition coefficient (Wildman–Crippen LogP) is 2.92. The van der Waals surface area contributed by atoms with Crippen molar-refractivity contribution in [2.75, 3.05) is 18.0 Å². The van der Waals surface area contributed by atoms with E-state index in [1.807, 2.05) is 24.3 Å². The molecule has 2 atom stereocenters. The summed E-state index contributed by atoms with van der Waals surface area (Å²) >= 11 is 0. The SMILES string of the molecule is CC1CN(c2cccc3cc(CC(N)=O)c(=O)oc23)CC(C)N1Cc1ccccc1. The van der Waals surface area contributed by atoms with Crippen molar-refractivity contribution in [3.63, 3.8) is 0 Å². The summed E-state index contributed by atoms with van der Waals surface area (Å²) in [5.41, 5.74) is 7.82. The number of hydrogen-bond acceptors (Lipinski definition) is 5. The van der Waals surface area contributed by atoms with Gasteiger partial charge in [0.1, 0.15) is 0 Å². The number of anilines is 1. The number of para-hydroxylation sites is 1. The summed E-state index contributed by atoms with van der Waals surface area (Å²) in [4.78, 5) is 28.4. The molecule has 30 heavy (non-hydrogen) atoms. The molecule has 4 rings (SSSR count). The lowest BCUT2D eigenvalue weighted by Crippen LogP contribution is -2.56. The van der Waals surface area contributed by atoms with Crippen molar-refractivity contribution < 1.29 is 9.21 Å². The summed E-state index contributed by atoms with van der Waals surface area (Å²) in [6.07, 6.45) is -0.116. The predicted molar refractivity (Wildman–Crippen MR) is 119 cm³/mol. The highest BCUT2D eigenvalue weighted by atomic mass is 16.4. The zero-order valence-electron chi connectivity index (χ0n) is 17.4. The number of amides is 1. The van der Waals surface area contributed by atoms with Crippen molar-refractivity contribution in [3.8, 4) is 0 Å². The molecule has 3 aromatic rings. The molecular formula is C24H27N3O3. The molecule has 1 saturated heterocycles. The fourth-order valence-electron chi connectivity index (χ4n) is 4.39. The summed E-state index contributed by atoms with van der Waals surface area (Å²) in [5.74, 6) is -0.546. The number of hydrogen-bond donors (Lipinski definition) is 1. The fourth-order valence-corrected chi connectivity index (χ4v) is 4.39. The lowest BCUT2D eigenvalue weighted by atomic mass is 10.0. The minimum atomic E-state index is -0.546. The van der Waals surface area contributed by atoms with Crippen LogP contribution in [0.25, 0.3) is 11.0 Å². The first kappa shape index (κ1) is 20.2. The molecule has 1 aromatic heterocycles. The van der Waals surface area contributed by atoms with Gasteiger partial charge in [-0.25, -0.2) is 4.79 Å². The van der Waals surface area contributed by atoms with Gasteiger partial charge in [-0.2, -0.15) is 0 Å². The Bertz CT molecular complexity index is 1100. The molecule has 0 aliphatic carbocycles. The van der Waals surface area contributed by atoms with Gasteiger partial charge < -0.3 is 15.1 Å². The van der Waals surface area contributed by atoms with Crippen LogP contribution in [-0.2, 0) is 17.8 Å². The Morgan fingerprint density at radius 3 is 2.43 bits per heavy atom. The molecule has 0 bridgehead atoms. The highest BCUT2D eigenvalue weighted by molar-refractivity contribution is 5.90. The molecule has 2 unspecified atom stereocenters. The third-order valence-corrected chi connectivity index (χ3v) is 5.83. The number of piperazine rings is 1. The van der Waals surface area contributed by atoms with Crippen LogP contribution in [0.2, 0.25) is 0 Å². The van der Waals surface area contributed by atoms with Crippen molar-refractivity contribution in [2.24, 2.45) is 5.73 Å². The maximum absolute atomic E-state index is 12.4. The molecule has 1 amide bonds. The first-order valence-corrected chi connectivity index (χ1v) is 10.3. The molecule has 0 radical (unpaired) electrons. The number of carbonyl (C=O) groups is 1. The standard InChI is InChI=1S/C24H27N3O3/c1-16-13-26(14-17(2)27(16)15-18-7-4-3-5-8-18)21-10-6-9-19-11-20(12-22(25)28)24(29)30-23(19)21/h3-11,16-17H,12-15H2,1-2H3,(H2,25,28). The van der Waals surface area contributed by atoms with Crippen molar-refractivity contribution >= 4 is 22.6 Å². The summed E-state index contributed by atoms with van der Waals surface area (Å²) in [5, 5.41) is 0.801. The number of nitrogens with zero attached hydrogens (tertiary/aromatic N) is 2. The van der Waals surface area contributed by atoms with Gasteiger partial charge in [-0.1, -0.05) is 42.5 Å². The Morgan fingerprint density at radius 1 is 1.07 bits per heavy atom. The van der Waals surface area contributed by atoms with E-state index in [9.17, 15) is 9.59 Å². The molecule has 6 nitrogen and oxygen atoms in total. The third-order valence-electron chi connectivity index (χ3n) is 5.83. The van der Waals surface area contributed by atoms with E-state index in [2.05, 4.69) is 47.9 Å². The minimum absolute atomic E-state index is 0.116. The second-order valence-electron chi connectivity index (χ2n) is 8.16. The Labute approximate surface area is 175 Å². The topological polar surface area (TPSA) is 79.8 Å². The van der Waals surface area contributed by atoms with Crippen LogP contribution in [0.5, 0.6) is 0 Å². The van der Waals surface area contributed by atoms with Gasteiger partial charge >= 0.3 is 5.63 Å². The van der Waals surface area contributed by atoms with Gasteiger partial charge in [-0.3, -0.25) is 9.69 Å². The second kappa shape index (κ2) is 8.32. The van der Waals surface area contributed by atoms with Crippen LogP contribution >= 0.6 is 0 Å². The van der Waals surface area contributed by atoms with Gasteiger partial charge in [0.25, 0.3) is 0 Å². The Kier molecular flexibility index (Phi) is 5.59. The summed E-state index contributed by atoms with van der Waals surface area (Å²) in [7, 11) is 0. The van der Waals surface area contributed by atoms with Crippen molar-refractivity contribution in [2.45, 2.75) is 38.9 Å². The number of rotatable bonds is 5. The van der Waals surface area contributed by atoms with Crippen LogP contribution in [0.3, 0.4) is 0 Å². The molecule has 0 saturated carbocycles. The molecular weight excluding hydrogens is 378 g/mol. The number of carbonyl (C=O) groups excluding carboxylic acids is 1. The average Bonchev–Trinajstić information content (AvgIpc) is 2.71. The molecule has 2 N–H and O–H groups in total. The normalized spacial score (nSPS) is 19.9. The Morgan fingerprint density at radius 2 is 1.77 bits per heavy atom. The van der Waals surface area contributed by atoms with Gasteiger partial charge in [-0.15, -0.1) is 0 Å². The number of primary amides is 1. The minimum Gasteiger partial charge on any atom is -0.420 e. The molecule has 156 valence electrons. The van der Waals surface area contributed by atoms with E-state index >= 15 is 0 Å². The highest BCUT2D eigenvalue weighted by Gasteiger charge is 2.30. The van der Waals surface area contributed by atoms with Crippen LogP contribution in [0.15, 0.2) is 63.8 Å². The zero-order chi connectivity index (χ0) is 21.3. The van der Waals surface area contributed by atoms with E-state index in [1.54, 1.807) is 6.07 Å². The van der Waals surface area contributed by atoms with E-state index in [1.165, 1.54) is 5.56 Å². The molecule has 1 aliphatic heterocycles. The van der Waals surface area contributed by atoms with Crippen LogP contribution in [-0.4, -0.2) is 36.0 Å². The zero-order valence-corrected chi connectivity index (χ0v) is 17.4. The van der Waals surface area contributed by atoms with Crippen LogP contribution < -0.4 is 16.3 Å². The maximum Gasteiger partial charge on any atom is 0.340 e. The molecule has 1 fully saturated rings. The van der Waals surface area contributed by atoms with Gasteiger partial charge in [-0.05, 0) is 31.5 Å². The molecule has 6 heteroatoms. The number of benzene rings is 2. The number of nitrogens with two attached hydrogens (primary N) is 1. The largest absolute Gasteiger partial charge is 0.420 e. The van der Waals surface area contributed by atoms with Crippen molar-refractivity contribution in [1.29, 1.82) is 0 Å². The van der Waals surface area contributed by atoms with E-state index in [4.69, 9.17) is 10.2 Å². The van der Waals surface area contributed by atoms with Gasteiger partial charge in [0, 0.05) is 42.7 Å². The van der Waals surface area contributed by atoms with Gasteiger partial charge in [0.05, 0.1) is 12.1 Å². The van der Waals surface area contributed by atoms with Crippen LogP contribution in [0.4, 0.5) is 5.69 Å². The fraction of sp³-hybridized carbons (Fsp3) is 0.333. The molecule has 2 heterocycles. The van der Waals surface area contributed by atoms with Gasteiger partial charge in [0.15, 0.2) is 5.58 Å². The second-order valence-corrected chi connectivity index (χ2v) is 8.16. The third kappa shape index (κ3) is 4.09. The molecule has 1 aliphatic rings. The molecule has 0 spiro atoms. The highest BCUT2D eigenvalue weighted by Crippen LogP contribution is 2.30. The van der Waals surface area contributed by atoms with Crippen LogP contribution in [0.1, 0.15) is 25.0 Å². The van der Waals surface area contributed by atoms with E-state index in [0.717, 1.165) is 30.7 Å². The first-order valence-electron chi connectivity index (χ1n) is 10.3. The van der Waals surface area contributed by atoms with Crippen LogP contribution in [0, 0.1) is 0 Å². The Balaban J connectivity index is 1.61. The monoisotopic (exact) mass is 405 g/mol. The van der Waals surface area contributed by atoms with E-state index < -0.39 is 11.5 Å². The smallest absolute Gasteiger partial charge is 0.340 e. The summed E-state index contributed by atoms with van der Waals surface area (Å²) in [6.45, 7) is 7.06. The molecule has 2 aromatic carbocycles.